The van der Waals surface area contributed by atoms with Crippen molar-refractivity contribution in [2.24, 2.45) is 5.73 Å². The Bertz CT molecular complexity index is 405. The highest BCUT2D eigenvalue weighted by Gasteiger charge is 2.22. The maximum Gasteiger partial charge on any atom is 0.0400 e. The first-order chi connectivity index (χ1) is 9.11. The largest absolute Gasteiger partial charge is 0.368 e. The van der Waals surface area contributed by atoms with Gasteiger partial charge in [0.2, 0.25) is 0 Å². The van der Waals surface area contributed by atoms with Gasteiger partial charge in [-0.05, 0) is 38.4 Å². The molecule has 19 heavy (non-hydrogen) atoms. The molecule has 0 bridgehead atoms. The van der Waals surface area contributed by atoms with E-state index in [-0.39, 0.29) is 6.04 Å². The van der Waals surface area contributed by atoms with Crippen LogP contribution < -0.4 is 10.6 Å². The zero-order valence-electron chi connectivity index (χ0n) is 12.5. The number of hydrogen-bond donors (Lipinski definition) is 1. The maximum absolute atomic E-state index is 6.13. The molecule has 1 aliphatic rings. The third kappa shape index (κ3) is 3.48. The van der Waals surface area contributed by atoms with Crippen LogP contribution in [-0.2, 0) is 6.42 Å². The molecule has 0 radical (unpaired) electrons. The lowest BCUT2D eigenvalue weighted by Crippen LogP contribution is -2.50. The summed E-state index contributed by atoms with van der Waals surface area (Å²) in [6, 6.07) is 9.62. The van der Waals surface area contributed by atoms with Gasteiger partial charge in [0.25, 0.3) is 0 Å². The van der Waals surface area contributed by atoms with Crippen molar-refractivity contribution in [2.45, 2.75) is 38.8 Å². The lowest BCUT2D eigenvalue weighted by Gasteiger charge is -2.40. The molecule has 2 rings (SSSR count). The molecule has 106 valence electrons. The lowest BCUT2D eigenvalue weighted by atomic mass is 10.0. The number of nitrogens with two attached hydrogens (primary N) is 1. The minimum absolute atomic E-state index is 0.269. The van der Waals surface area contributed by atoms with Gasteiger partial charge in [-0.1, -0.05) is 25.1 Å². The predicted molar refractivity (Wildman–Crippen MR) is 82.7 cm³/mol. The van der Waals surface area contributed by atoms with E-state index in [4.69, 9.17) is 5.73 Å². The van der Waals surface area contributed by atoms with E-state index in [1.54, 1.807) is 0 Å². The fourth-order valence-electron chi connectivity index (χ4n) is 2.69. The molecule has 0 aliphatic carbocycles. The number of benzene rings is 1. The van der Waals surface area contributed by atoms with Gasteiger partial charge < -0.3 is 15.5 Å². The van der Waals surface area contributed by atoms with Crippen LogP contribution in [0.2, 0.25) is 0 Å². The Balaban J connectivity index is 2.15. The highest BCUT2D eigenvalue weighted by Crippen LogP contribution is 2.24. The summed E-state index contributed by atoms with van der Waals surface area (Å²) in [5.41, 5.74) is 8.90. The van der Waals surface area contributed by atoms with Crippen LogP contribution in [0.15, 0.2) is 24.3 Å². The smallest absolute Gasteiger partial charge is 0.0400 e. The first kappa shape index (κ1) is 14.4. The van der Waals surface area contributed by atoms with Crippen molar-refractivity contribution in [1.29, 1.82) is 0 Å². The number of nitrogens with zero attached hydrogens (tertiary/aromatic N) is 2. The van der Waals surface area contributed by atoms with E-state index in [0.29, 0.717) is 6.04 Å². The molecular weight excluding hydrogens is 234 g/mol. The van der Waals surface area contributed by atoms with Gasteiger partial charge >= 0.3 is 0 Å². The highest BCUT2D eigenvalue weighted by molar-refractivity contribution is 5.54. The first-order valence-corrected chi connectivity index (χ1v) is 7.40. The van der Waals surface area contributed by atoms with Gasteiger partial charge in [-0.25, -0.2) is 0 Å². The summed E-state index contributed by atoms with van der Waals surface area (Å²) in [7, 11) is 2.21. The zero-order chi connectivity index (χ0) is 13.8. The standard InChI is InChI=1S/C16H27N3/c1-4-15(17)11-14-7-5-6-8-16(14)19-10-9-18(3)13(2)12-19/h5-8,13,15H,4,9-12,17H2,1-3H3. The molecule has 1 aliphatic heterocycles. The molecule has 3 heteroatoms. The summed E-state index contributed by atoms with van der Waals surface area (Å²) >= 11 is 0. The molecule has 3 nitrogen and oxygen atoms in total. The third-order valence-electron chi connectivity index (χ3n) is 4.30. The zero-order valence-corrected chi connectivity index (χ0v) is 12.5. The topological polar surface area (TPSA) is 32.5 Å². The molecule has 1 aromatic rings. The SMILES string of the molecule is CCC(N)Cc1ccccc1N1CCN(C)C(C)C1. The van der Waals surface area contributed by atoms with Crippen molar-refractivity contribution in [1.82, 2.24) is 4.90 Å². The van der Waals surface area contributed by atoms with E-state index in [2.05, 4.69) is 55.0 Å². The molecule has 1 saturated heterocycles. The van der Waals surface area contributed by atoms with E-state index < -0.39 is 0 Å². The molecule has 2 atom stereocenters. The van der Waals surface area contributed by atoms with E-state index in [1.165, 1.54) is 11.3 Å². The number of rotatable bonds is 4. The van der Waals surface area contributed by atoms with Crippen LogP contribution in [0.4, 0.5) is 5.69 Å². The third-order valence-corrected chi connectivity index (χ3v) is 4.30. The summed E-state index contributed by atoms with van der Waals surface area (Å²) in [5.74, 6) is 0. The first-order valence-electron chi connectivity index (χ1n) is 7.40. The molecule has 1 fully saturated rings. The van der Waals surface area contributed by atoms with Gasteiger partial charge in [0.1, 0.15) is 0 Å². The van der Waals surface area contributed by atoms with E-state index in [9.17, 15) is 0 Å². The second-order valence-corrected chi connectivity index (χ2v) is 5.78. The van der Waals surface area contributed by atoms with Crippen molar-refractivity contribution in [3.63, 3.8) is 0 Å². The highest BCUT2D eigenvalue weighted by atomic mass is 15.3. The average molecular weight is 261 g/mol. The molecule has 1 aromatic carbocycles. The Kier molecular flexibility index (Phi) is 4.83. The Morgan fingerprint density at radius 2 is 2.05 bits per heavy atom. The van der Waals surface area contributed by atoms with Gasteiger partial charge in [0.15, 0.2) is 0 Å². The monoisotopic (exact) mass is 261 g/mol. The Morgan fingerprint density at radius 3 is 2.74 bits per heavy atom. The molecule has 0 saturated carbocycles. The van der Waals surface area contributed by atoms with Crippen molar-refractivity contribution >= 4 is 5.69 Å². The summed E-state index contributed by atoms with van der Waals surface area (Å²) < 4.78 is 0. The van der Waals surface area contributed by atoms with E-state index in [1.807, 2.05) is 0 Å². The van der Waals surface area contributed by atoms with Gasteiger partial charge in [-0.2, -0.15) is 0 Å². The summed E-state index contributed by atoms with van der Waals surface area (Å²) in [5, 5.41) is 0. The molecule has 2 unspecified atom stereocenters. The van der Waals surface area contributed by atoms with Gasteiger partial charge in [-0.15, -0.1) is 0 Å². The van der Waals surface area contributed by atoms with Crippen LogP contribution in [-0.4, -0.2) is 43.7 Å². The van der Waals surface area contributed by atoms with Crippen LogP contribution in [0, 0.1) is 0 Å². The van der Waals surface area contributed by atoms with Gasteiger partial charge in [0, 0.05) is 37.4 Å². The van der Waals surface area contributed by atoms with Gasteiger partial charge in [-0.3, -0.25) is 0 Å². The van der Waals surface area contributed by atoms with Crippen LogP contribution in [0.5, 0.6) is 0 Å². The number of likely N-dealkylation sites (N-methyl/N-ethyl adjacent to an activating group) is 1. The molecule has 0 spiro atoms. The van der Waals surface area contributed by atoms with Crippen molar-refractivity contribution in [2.75, 3.05) is 31.6 Å². The molecule has 1 heterocycles. The number of para-hydroxylation sites is 1. The summed E-state index contributed by atoms with van der Waals surface area (Å²) in [6.45, 7) is 7.81. The molecular formula is C16H27N3. The normalized spacial score (nSPS) is 22.5. The Labute approximate surface area is 117 Å². The van der Waals surface area contributed by atoms with Gasteiger partial charge in [0.05, 0.1) is 0 Å². The van der Waals surface area contributed by atoms with Crippen molar-refractivity contribution in [3.05, 3.63) is 29.8 Å². The maximum atomic E-state index is 6.13. The minimum atomic E-state index is 0.269. The van der Waals surface area contributed by atoms with Crippen molar-refractivity contribution < 1.29 is 0 Å². The van der Waals surface area contributed by atoms with Crippen LogP contribution in [0.25, 0.3) is 0 Å². The van der Waals surface area contributed by atoms with E-state index in [0.717, 1.165) is 32.5 Å². The fraction of sp³-hybridized carbons (Fsp3) is 0.625. The minimum Gasteiger partial charge on any atom is -0.368 e. The van der Waals surface area contributed by atoms with Crippen molar-refractivity contribution in [3.8, 4) is 0 Å². The van der Waals surface area contributed by atoms with Crippen LogP contribution in [0.1, 0.15) is 25.8 Å². The fourth-order valence-corrected chi connectivity index (χ4v) is 2.69. The number of hydrogen-bond acceptors (Lipinski definition) is 3. The second kappa shape index (κ2) is 6.40. The average Bonchev–Trinajstić information content (AvgIpc) is 2.42. The Hall–Kier alpha value is -1.06. The van der Waals surface area contributed by atoms with E-state index >= 15 is 0 Å². The summed E-state index contributed by atoms with van der Waals surface area (Å²) in [4.78, 5) is 4.94. The summed E-state index contributed by atoms with van der Waals surface area (Å²) in [6.07, 6.45) is 2.01. The molecule has 2 N–H and O–H groups in total. The number of anilines is 1. The predicted octanol–water partition coefficient (Wildman–Crippen LogP) is 2.11. The molecule has 0 amide bonds. The second-order valence-electron chi connectivity index (χ2n) is 5.78. The quantitative estimate of drug-likeness (QED) is 0.901. The lowest BCUT2D eigenvalue weighted by molar-refractivity contribution is 0.234. The Morgan fingerprint density at radius 1 is 1.32 bits per heavy atom. The number of piperazine rings is 1. The van der Waals surface area contributed by atoms with Crippen LogP contribution in [0.3, 0.4) is 0 Å². The van der Waals surface area contributed by atoms with Crippen LogP contribution >= 0.6 is 0 Å². The molecule has 0 aromatic heterocycles.